The van der Waals surface area contributed by atoms with E-state index in [4.69, 9.17) is 32.4 Å². The Labute approximate surface area is 122 Å². The van der Waals surface area contributed by atoms with Crippen molar-refractivity contribution in [1.82, 2.24) is 5.32 Å². The molecule has 1 aromatic heterocycles. The molecule has 0 saturated heterocycles. The molecule has 0 aliphatic carbocycles. The van der Waals surface area contributed by atoms with Crippen molar-refractivity contribution < 1.29 is 9.15 Å². The normalized spacial score (nSPS) is 12.6. The van der Waals surface area contributed by atoms with Crippen LogP contribution in [0.3, 0.4) is 0 Å². The van der Waals surface area contributed by atoms with Crippen LogP contribution in [0.2, 0.25) is 10.0 Å². The monoisotopic (exact) mass is 299 g/mol. The summed E-state index contributed by atoms with van der Waals surface area (Å²) in [6.45, 7) is 0.444. The quantitative estimate of drug-likeness (QED) is 0.905. The van der Waals surface area contributed by atoms with Gasteiger partial charge in [-0.2, -0.15) is 0 Å². The summed E-state index contributed by atoms with van der Waals surface area (Å²) in [6, 6.07) is 9.04. The third kappa shape index (κ3) is 3.31. The Kier molecular flexibility index (Phi) is 4.88. The van der Waals surface area contributed by atoms with Crippen molar-refractivity contribution >= 4 is 23.2 Å². The van der Waals surface area contributed by atoms with Gasteiger partial charge in [-0.3, -0.25) is 0 Å². The molecule has 0 fully saturated rings. The topological polar surface area (TPSA) is 34.4 Å². The van der Waals surface area contributed by atoms with E-state index < -0.39 is 0 Å². The first-order valence-electron chi connectivity index (χ1n) is 5.85. The number of hydrogen-bond donors (Lipinski definition) is 1. The minimum absolute atomic E-state index is 0.142. The van der Waals surface area contributed by atoms with E-state index in [-0.39, 0.29) is 6.04 Å². The predicted molar refractivity (Wildman–Crippen MR) is 76.8 cm³/mol. The molecule has 1 atom stereocenters. The van der Waals surface area contributed by atoms with Crippen LogP contribution in [0.1, 0.15) is 23.1 Å². The molecule has 102 valence electrons. The van der Waals surface area contributed by atoms with Gasteiger partial charge in [-0.1, -0.05) is 23.2 Å². The van der Waals surface area contributed by atoms with Crippen LogP contribution >= 0.6 is 23.2 Å². The number of rotatable bonds is 5. The number of hydrogen-bond acceptors (Lipinski definition) is 3. The van der Waals surface area contributed by atoms with Crippen molar-refractivity contribution in [1.29, 1.82) is 0 Å². The standard InChI is InChI=1S/C14H15Cl2NO2/c1-17-14(11-7-9(15)3-5-12(11)16)13-6-4-10(19-13)8-18-2/h3-7,14,17H,8H2,1-2H3. The third-order valence-electron chi connectivity index (χ3n) is 2.81. The molecule has 0 saturated carbocycles. The van der Waals surface area contributed by atoms with Gasteiger partial charge in [0.15, 0.2) is 0 Å². The summed E-state index contributed by atoms with van der Waals surface area (Å²) >= 11 is 12.2. The molecule has 0 aliphatic rings. The summed E-state index contributed by atoms with van der Waals surface area (Å²) in [5, 5.41) is 4.47. The molecule has 2 aromatic rings. The highest BCUT2D eigenvalue weighted by molar-refractivity contribution is 6.33. The van der Waals surface area contributed by atoms with Crippen LogP contribution in [0, 0.1) is 0 Å². The first-order chi connectivity index (χ1) is 9.15. The summed E-state index contributed by atoms with van der Waals surface area (Å²) in [4.78, 5) is 0. The van der Waals surface area contributed by atoms with E-state index >= 15 is 0 Å². The van der Waals surface area contributed by atoms with Crippen LogP contribution in [0.15, 0.2) is 34.7 Å². The fraction of sp³-hybridized carbons (Fsp3) is 0.286. The zero-order valence-corrected chi connectivity index (χ0v) is 12.3. The number of furan rings is 1. The van der Waals surface area contributed by atoms with Gasteiger partial charge in [0.2, 0.25) is 0 Å². The van der Waals surface area contributed by atoms with Crippen molar-refractivity contribution in [2.75, 3.05) is 14.2 Å². The lowest BCUT2D eigenvalue weighted by Crippen LogP contribution is -2.17. The van der Waals surface area contributed by atoms with Gasteiger partial charge >= 0.3 is 0 Å². The average molecular weight is 300 g/mol. The first kappa shape index (κ1) is 14.4. The minimum atomic E-state index is -0.142. The molecule has 0 bridgehead atoms. The molecule has 1 unspecified atom stereocenters. The van der Waals surface area contributed by atoms with Gasteiger partial charge in [0, 0.05) is 17.2 Å². The minimum Gasteiger partial charge on any atom is -0.462 e. The summed E-state index contributed by atoms with van der Waals surface area (Å²) in [7, 11) is 3.48. The highest BCUT2D eigenvalue weighted by Crippen LogP contribution is 2.31. The molecule has 1 heterocycles. The highest BCUT2D eigenvalue weighted by atomic mass is 35.5. The van der Waals surface area contributed by atoms with Crippen LogP contribution in [-0.2, 0) is 11.3 Å². The Bertz CT molecular complexity index is 554. The van der Waals surface area contributed by atoms with Crippen molar-refractivity contribution in [3.8, 4) is 0 Å². The molecule has 3 nitrogen and oxygen atoms in total. The van der Waals surface area contributed by atoms with E-state index in [0.717, 1.165) is 17.1 Å². The van der Waals surface area contributed by atoms with Crippen LogP contribution in [0.5, 0.6) is 0 Å². The van der Waals surface area contributed by atoms with Gasteiger partial charge in [-0.25, -0.2) is 0 Å². The highest BCUT2D eigenvalue weighted by Gasteiger charge is 2.19. The van der Waals surface area contributed by atoms with E-state index in [9.17, 15) is 0 Å². The maximum atomic E-state index is 6.22. The molecule has 0 spiro atoms. The largest absolute Gasteiger partial charge is 0.462 e. The van der Waals surface area contributed by atoms with Crippen molar-refractivity contribution in [3.63, 3.8) is 0 Å². The van der Waals surface area contributed by atoms with E-state index in [1.807, 2.05) is 25.2 Å². The molecule has 0 aliphatic heterocycles. The molecular formula is C14H15Cl2NO2. The fourth-order valence-corrected chi connectivity index (χ4v) is 2.36. The van der Waals surface area contributed by atoms with E-state index in [2.05, 4.69) is 5.32 Å². The van der Waals surface area contributed by atoms with E-state index in [0.29, 0.717) is 16.7 Å². The Morgan fingerprint density at radius 2 is 2.05 bits per heavy atom. The molecular weight excluding hydrogens is 285 g/mol. The Hall–Kier alpha value is -1.000. The molecule has 1 N–H and O–H groups in total. The summed E-state index contributed by atoms with van der Waals surface area (Å²) < 4.78 is 10.8. The molecule has 19 heavy (non-hydrogen) atoms. The molecule has 2 rings (SSSR count). The van der Waals surface area contributed by atoms with Crippen molar-refractivity contribution in [2.45, 2.75) is 12.6 Å². The lowest BCUT2D eigenvalue weighted by Gasteiger charge is -2.16. The second-order valence-electron chi connectivity index (χ2n) is 4.12. The fourth-order valence-electron chi connectivity index (χ4n) is 1.96. The van der Waals surface area contributed by atoms with Crippen molar-refractivity contribution in [3.05, 3.63) is 57.5 Å². The second kappa shape index (κ2) is 6.44. The number of nitrogens with one attached hydrogen (secondary N) is 1. The second-order valence-corrected chi connectivity index (χ2v) is 4.97. The summed E-state index contributed by atoms with van der Waals surface area (Å²) in [5.41, 5.74) is 0.884. The van der Waals surface area contributed by atoms with Gasteiger partial charge in [0.25, 0.3) is 0 Å². The molecule has 0 amide bonds. The number of halogens is 2. The average Bonchev–Trinajstić information content (AvgIpc) is 2.83. The lowest BCUT2D eigenvalue weighted by molar-refractivity contribution is 0.162. The van der Waals surface area contributed by atoms with Gasteiger partial charge in [-0.15, -0.1) is 0 Å². The molecule has 5 heteroatoms. The summed E-state index contributed by atoms with van der Waals surface area (Å²) in [5.74, 6) is 1.55. The van der Waals surface area contributed by atoms with Gasteiger partial charge in [-0.05, 0) is 42.9 Å². The Morgan fingerprint density at radius 3 is 2.74 bits per heavy atom. The SMILES string of the molecule is CNC(c1ccc(COC)o1)c1cc(Cl)ccc1Cl. The van der Waals surface area contributed by atoms with Crippen molar-refractivity contribution in [2.24, 2.45) is 0 Å². The van der Waals surface area contributed by atoms with E-state index in [1.165, 1.54) is 0 Å². The zero-order chi connectivity index (χ0) is 13.8. The summed E-state index contributed by atoms with van der Waals surface area (Å²) in [6.07, 6.45) is 0. The van der Waals surface area contributed by atoms with Crippen LogP contribution in [0.25, 0.3) is 0 Å². The van der Waals surface area contributed by atoms with E-state index in [1.54, 1.807) is 19.2 Å². The maximum Gasteiger partial charge on any atom is 0.129 e. The van der Waals surface area contributed by atoms with Gasteiger partial charge in [0.05, 0.1) is 6.04 Å². The zero-order valence-electron chi connectivity index (χ0n) is 10.7. The molecule has 1 aromatic carbocycles. The maximum absolute atomic E-state index is 6.22. The Balaban J connectivity index is 2.35. The third-order valence-corrected chi connectivity index (χ3v) is 3.39. The van der Waals surface area contributed by atoms with Crippen LogP contribution < -0.4 is 5.32 Å². The number of benzene rings is 1. The lowest BCUT2D eigenvalue weighted by atomic mass is 10.0. The predicted octanol–water partition coefficient (Wildman–Crippen LogP) is 4.04. The number of ether oxygens (including phenoxy) is 1. The Morgan fingerprint density at radius 1 is 1.26 bits per heavy atom. The number of methoxy groups -OCH3 is 1. The smallest absolute Gasteiger partial charge is 0.129 e. The van der Waals surface area contributed by atoms with Crippen LogP contribution in [-0.4, -0.2) is 14.2 Å². The van der Waals surface area contributed by atoms with Gasteiger partial charge in [0.1, 0.15) is 18.1 Å². The van der Waals surface area contributed by atoms with Crippen LogP contribution in [0.4, 0.5) is 0 Å². The van der Waals surface area contributed by atoms with Gasteiger partial charge < -0.3 is 14.5 Å². The molecule has 0 radical (unpaired) electrons. The first-order valence-corrected chi connectivity index (χ1v) is 6.61.